The largest absolute Gasteiger partial charge is 0.488 e. The van der Waals surface area contributed by atoms with Gasteiger partial charge in [-0.2, -0.15) is 5.10 Å². The molecule has 2 heterocycles. The van der Waals surface area contributed by atoms with Gasteiger partial charge in [0.15, 0.2) is 0 Å². The van der Waals surface area contributed by atoms with Crippen molar-refractivity contribution >= 4 is 11.6 Å². The third-order valence-electron chi connectivity index (χ3n) is 3.78. The highest BCUT2D eigenvalue weighted by molar-refractivity contribution is 6.30. The predicted octanol–water partition coefficient (Wildman–Crippen LogP) is 2.73. The van der Waals surface area contributed by atoms with E-state index in [0.29, 0.717) is 0 Å². The summed E-state index contributed by atoms with van der Waals surface area (Å²) in [6.07, 6.45) is 4.13. The second-order valence-electron chi connectivity index (χ2n) is 5.46. The number of aromatic nitrogens is 2. The third kappa shape index (κ3) is 3.22. The van der Waals surface area contributed by atoms with Crippen LogP contribution >= 0.6 is 11.6 Å². The normalized spacial score (nSPS) is 16.8. The molecule has 1 aliphatic rings. The van der Waals surface area contributed by atoms with Gasteiger partial charge in [-0.25, -0.2) is 0 Å². The Morgan fingerprint density at radius 3 is 3.14 bits per heavy atom. The number of hydrogen-bond acceptors (Lipinski definition) is 3. The van der Waals surface area contributed by atoms with Crippen molar-refractivity contribution < 1.29 is 4.74 Å². The van der Waals surface area contributed by atoms with Crippen LogP contribution in [-0.4, -0.2) is 22.4 Å². The fourth-order valence-electron chi connectivity index (χ4n) is 2.80. The standard InChI is InChI=1S/C16H20ClN3O/c1-3-15-12(10-20(2)19-15)8-18-9-14-7-11-6-13(17)4-5-16(11)21-14/h4-6,10,14,18H,3,7-9H2,1-2H3. The van der Waals surface area contributed by atoms with Gasteiger partial charge >= 0.3 is 0 Å². The molecular formula is C16H20ClN3O. The lowest BCUT2D eigenvalue weighted by Crippen LogP contribution is -2.29. The number of ether oxygens (including phenoxy) is 1. The van der Waals surface area contributed by atoms with Crippen molar-refractivity contribution in [3.8, 4) is 5.75 Å². The van der Waals surface area contributed by atoms with E-state index in [1.165, 1.54) is 11.1 Å². The maximum absolute atomic E-state index is 6.01. The van der Waals surface area contributed by atoms with E-state index in [-0.39, 0.29) is 6.10 Å². The molecule has 1 aliphatic heterocycles. The van der Waals surface area contributed by atoms with Gasteiger partial charge in [-0.3, -0.25) is 4.68 Å². The van der Waals surface area contributed by atoms with Crippen LogP contribution in [0.4, 0.5) is 0 Å². The predicted molar refractivity (Wildman–Crippen MR) is 83.9 cm³/mol. The Balaban J connectivity index is 1.53. The summed E-state index contributed by atoms with van der Waals surface area (Å²) in [6, 6.07) is 5.82. The van der Waals surface area contributed by atoms with E-state index in [1.54, 1.807) is 0 Å². The zero-order valence-electron chi connectivity index (χ0n) is 12.4. The zero-order chi connectivity index (χ0) is 14.8. The molecule has 1 atom stereocenters. The first kappa shape index (κ1) is 14.4. The van der Waals surface area contributed by atoms with Crippen molar-refractivity contribution in [1.82, 2.24) is 15.1 Å². The summed E-state index contributed by atoms with van der Waals surface area (Å²) < 4.78 is 7.79. The van der Waals surface area contributed by atoms with Crippen molar-refractivity contribution in [3.05, 3.63) is 46.2 Å². The molecule has 0 spiro atoms. The number of halogens is 1. The maximum Gasteiger partial charge on any atom is 0.123 e. The van der Waals surface area contributed by atoms with Crippen LogP contribution in [-0.2, 0) is 26.4 Å². The Morgan fingerprint density at radius 2 is 2.33 bits per heavy atom. The van der Waals surface area contributed by atoms with Crippen LogP contribution in [0.5, 0.6) is 5.75 Å². The molecule has 1 aromatic carbocycles. The van der Waals surface area contributed by atoms with Gasteiger partial charge in [0.05, 0.1) is 5.69 Å². The highest BCUT2D eigenvalue weighted by Crippen LogP contribution is 2.30. The van der Waals surface area contributed by atoms with Crippen molar-refractivity contribution in [2.24, 2.45) is 7.05 Å². The van der Waals surface area contributed by atoms with Gasteiger partial charge in [0.2, 0.25) is 0 Å². The second kappa shape index (κ2) is 6.08. The Labute approximate surface area is 130 Å². The lowest BCUT2D eigenvalue weighted by Gasteiger charge is -2.11. The van der Waals surface area contributed by atoms with Gasteiger partial charge in [-0.05, 0) is 30.2 Å². The molecular weight excluding hydrogens is 286 g/mol. The molecule has 5 heteroatoms. The van der Waals surface area contributed by atoms with Crippen molar-refractivity contribution in [1.29, 1.82) is 0 Å². The third-order valence-corrected chi connectivity index (χ3v) is 4.01. The SMILES string of the molecule is CCc1nn(C)cc1CNCC1Cc2cc(Cl)ccc2O1. The lowest BCUT2D eigenvalue weighted by molar-refractivity contribution is 0.227. The number of fused-ring (bicyclic) bond motifs is 1. The first-order valence-corrected chi connectivity index (χ1v) is 7.70. The van der Waals surface area contributed by atoms with Gasteiger partial charge < -0.3 is 10.1 Å². The Bertz CT molecular complexity index is 638. The molecule has 1 N–H and O–H groups in total. The van der Waals surface area contributed by atoms with Crippen molar-refractivity contribution in [3.63, 3.8) is 0 Å². The summed E-state index contributed by atoms with van der Waals surface area (Å²) in [7, 11) is 1.96. The molecule has 112 valence electrons. The van der Waals surface area contributed by atoms with E-state index < -0.39 is 0 Å². The summed E-state index contributed by atoms with van der Waals surface area (Å²) in [4.78, 5) is 0. The first-order chi connectivity index (χ1) is 10.2. The van der Waals surface area contributed by atoms with Gasteiger partial charge in [-0.1, -0.05) is 18.5 Å². The van der Waals surface area contributed by atoms with Crippen molar-refractivity contribution in [2.75, 3.05) is 6.54 Å². The topological polar surface area (TPSA) is 39.1 Å². The van der Waals surface area contributed by atoms with E-state index in [0.717, 1.165) is 42.4 Å². The van der Waals surface area contributed by atoms with Gasteiger partial charge in [-0.15, -0.1) is 0 Å². The van der Waals surface area contributed by atoms with Crippen LogP contribution in [0.25, 0.3) is 0 Å². The molecule has 2 aromatic rings. The number of nitrogens with one attached hydrogen (secondary N) is 1. The zero-order valence-corrected chi connectivity index (χ0v) is 13.2. The quantitative estimate of drug-likeness (QED) is 0.923. The first-order valence-electron chi connectivity index (χ1n) is 7.33. The van der Waals surface area contributed by atoms with E-state index in [9.17, 15) is 0 Å². The monoisotopic (exact) mass is 305 g/mol. The molecule has 1 aromatic heterocycles. The maximum atomic E-state index is 6.01. The highest BCUT2D eigenvalue weighted by Gasteiger charge is 2.22. The van der Waals surface area contributed by atoms with Gasteiger partial charge in [0.25, 0.3) is 0 Å². The second-order valence-corrected chi connectivity index (χ2v) is 5.89. The van der Waals surface area contributed by atoms with Crippen LogP contribution in [0.15, 0.2) is 24.4 Å². The number of hydrogen-bond donors (Lipinski definition) is 1. The molecule has 1 unspecified atom stereocenters. The summed E-state index contributed by atoms with van der Waals surface area (Å²) in [5, 5.41) is 8.69. The van der Waals surface area contributed by atoms with Crippen LogP contribution in [0.1, 0.15) is 23.7 Å². The molecule has 0 amide bonds. The lowest BCUT2D eigenvalue weighted by atomic mass is 10.1. The molecule has 0 saturated heterocycles. The van der Waals surface area contributed by atoms with Gasteiger partial charge in [0, 0.05) is 43.3 Å². The highest BCUT2D eigenvalue weighted by atomic mass is 35.5. The van der Waals surface area contributed by atoms with E-state index in [1.807, 2.05) is 29.9 Å². The fourth-order valence-corrected chi connectivity index (χ4v) is 2.99. The number of aryl methyl sites for hydroxylation is 2. The average Bonchev–Trinajstić information content (AvgIpc) is 3.01. The minimum absolute atomic E-state index is 0.181. The summed E-state index contributed by atoms with van der Waals surface area (Å²) in [5.74, 6) is 0.960. The Morgan fingerprint density at radius 1 is 1.48 bits per heavy atom. The van der Waals surface area contributed by atoms with Crippen molar-refractivity contribution in [2.45, 2.75) is 32.4 Å². The number of benzene rings is 1. The molecule has 0 fully saturated rings. The summed E-state index contributed by atoms with van der Waals surface area (Å²) in [5.41, 5.74) is 3.62. The Kier molecular flexibility index (Phi) is 4.17. The van der Waals surface area contributed by atoms with E-state index >= 15 is 0 Å². The van der Waals surface area contributed by atoms with E-state index in [2.05, 4.69) is 23.5 Å². The number of rotatable bonds is 5. The minimum Gasteiger partial charge on any atom is -0.488 e. The fraction of sp³-hybridized carbons (Fsp3) is 0.438. The molecule has 0 aliphatic carbocycles. The van der Waals surface area contributed by atoms with Gasteiger partial charge in [0.1, 0.15) is 11.9 Å². The number of nitrogens with zero attached hydrogens (tertiary/aromatic N) is 2. The summed E-state index contributed by atoms with van der Waals surface area (Å²) >= 11 is 6.01. The molecule has 0 radical (unpaired) electrons. The molecule has 0 saturated carbocycles. The smallest absolute Gasteiger partial charge is 0.123 e. The molecule has 4 nitrogen and oxygen atoms in total. The Hall–Kier alpha value is -1.52. The molecule has 3 rings (SSSR count). The van der Waals surface area contributed by atoms with Crippen LogP contribution in [0, 0.1) is 0 Å². The van der Waals surface area contributed by atoms with Crippen LogP contribution in [0.2, 0.25) is 5.02 Å². The molecule has 0 bridgehead atoms. The van der Waals surface area contributed by atoms with Crippen LogP contribution < -0.4 is 10.1 Å². The van der Waals surface area contributed by atoms with Crippen LogP contribution in [0.3, 0.4) is 0 Å². The summed E-state index contributed by atoms with van der Waals surface area (Å²) in [6.45, 7) is 3.78. The minimum atomic E-state index is 0.181. The average molecular weight is 306 g/mol. The van der Waals surface area contributed by atoms with E-state index in [4.69, 9.17) is 16.3 Å². The molecule has 21 heavy (non-hydrogen) atoms.